The van der Waals surface area contributed by atoms with Gasteiger partial charge in [0.2, 0.25) is 0 Å². The van der Waals surface area contributed by atoms with Crippen LogP contribution in [0.2, 0.25) is 5.02 Å². The van der Waals surface area contributed by atoms with E-state index in [9.17, 15) is 8.42 Å². The first-order chi connectivity index (χ1) is 13.5. The van der Waals surface area contributed by atoms with Crippen LogP contribution in [-0.4, -0.2) is 39.4 Å². The molecule has 1 aliphatic rings. The van der Waals surface area contributed by atoms with E-state index in [4.69, 9.17) is 26.4 Å². The molecule has 0 amide bonds. The fourth-order valence-electron chi connectivity index (χ4n) is 2.98. The van der Waals surface area contributed by atoms with E-state index >= 15 is 0 Å². The van der Waals surface area contributed by atoms with Gasteiger partial charge in [-0.15, -0.1) is 0 Å². The number of hydrogen-bond acceptors (Lipinski definition) is 6. The SMILES string of the molecule is NN=CN1CCC(COc2cccc(OS(=O)(=O)c3ccccc3Cl)c2)CC1. The number of hydrazone groups is 1. The first-order valence-electron chi connectivity index (χ1n) is 8.87. The number of piperidine rings is 1. The second-order valence-corrected chi connectivity index (χ2v) is 8.42. The van der Waals surface area contributed by atoms with Gasteiger partial charge in [-0.05, 0) is 43.0 Å². The number of nitrogens with zero attached hydrogens (tertiary/aromatic N) is 2. The number of likely N-dealkylation sites (tertiary alicyclic amines) is 1. The highest BCUT2D eigenvalue weighted by atomic mass is 35.5. The standard InChI is InChI=1S/C19H22ClN3O4S/c20-18-6-1-2-7-19(18)28(24,25)27-17-5-3-4-16(12-17)26-13-15-8-10-23(11-9-15)14-22-21/h1-7,12,14-15H,8-11,13,21H2. The maximum Gasteiger partial charge on any atom is 0.340 e. The van der Waals surface area contributed by atoms with Crippen LogP contribution in [0.1, 0.15) is 12.8 Å². The minimum absolute atomic E-state index is 0.0734. The Morgan fingerprint density at radius 2 is 1.86 bits per heavy atom. The van der Waals surface area contributed by atoms with Gasteiger partial charge in [0.25, 0.3) is 0 Å². The summed E-state index contributed by atoms with van der Waals surface area (Å²) in [5.74, 6) is 6.31. The maximum absolute atomic E-state index is 12.5. The molecular weight excluding hydrogens is 402 g/mol. The topological polar surface area (TPSA) is 94.2 Å². The molecule has 0 bridgehead atoms. The minimum atomic E-state index is -4.02. The third-order valence-electron chi connectivity index (χ3n) is 4.48. The van der Waals surface area contributed by atoms with Gasteiger partial charge in [0.15, 0.2) is 0 Å². The minimum Gasteiger partial charge on any atom is -0.493 e. The highest BCUT2D eigenvalue weighted by Gasteiger charge is 2.21. The molecular formula is C19H22ClN3O4S. The Hall–Kier alpha value is -2.45. The molecule has 2 aromatic rings. The Morgan fingerprint density at radius 3 is 2.57 bits per heavy atom. The molecule has 1 aliphatic heterocycles. The summed E-state index contributed by atoms with van der Waals surface area (Å²) in [7, 11) is -4.02. The Balaban J connectivity index is 1.59. The van der Waals surface area contributed by atoms with Crippen molar-refractivity contribution >= 4 is 28.1 Å². The lowest BCUT2D eigenvalue weighted by Gasteiger charge is -2.30. The summed E-state index contributed by atoms with van der Waals surface area (Å²) < 4.78 is 36.0. The molecule has 0 unspecified atom stereocenters. The van der Waals surface area contributed by atoms with E-state index in [-0.39, 0.29) is 15.7 Å². The third-order valence-corrected chi connectivity index (χ3v) is 6.23. The normalized spacial score (nSPS) is 15.7. The average molecular weight is 424 g/mol. The summed E-state index contributed by atoms with van der Waals surface area (Å²) in [6.45, 7) is 2.32. The number of benzene rings is 2. The van der Waals surface area contributed by atoms with Crippen molar-refractivity contribution in [1.29, 1.82) is 0 Å². The highest BCUT2D eigenvalue weighted by molar-refractivity contribution is 7.87. The Bertz CT molecular complexity index is 928. The van der Waals surface area contributed by atoms with Crippen LogP contribution < -0.4 is 14.8 Å². The quantitative estimate of drug-likeness (QED) is 0.242. The first kappa shape index (κ1) is 20.3. The van der Waals surface area contributed by atoms with Crippen LogP contribution >= 0.6 is 11.6 Å². The Morgan fingerprint density at radius 1 is 1.14 bits per heavy atom. The van der Waals surface area contributed by atoms with Crippen molar-refractivity contribution in [1.82, 2.24) is 4.90 Å². The summed E-state index contributed by atoms with van der Waals surface area (Å²) >= 11 is 5.97. The molecule has 1 fully saturated rings. The smallest absolute Gasteiger partial charge is 0.340 e. The van der Waals surface area contributed by atoms with Gasteiger partial charge in [-0.1, -0.05) is 29.8 Å². The molecule has 2 aromatic carbocycles. The molecule has 0 spiro atoms. The molecule has 9 heteroatoms. The van der Waals surface area contributed by atoms with Gasteiger partial charge in [-0.3, -0.25) is 0 Å². The zero-order chi connectivity index (χ0) is 20.0. The molecule has 0 aromatic heterocycles. The maximum atomic E-state index is 12.5. The summed E-state index contributed by atoms with van der Waals surface area (Å²) in [4.78, 5) is 2.00. The van der Waals surface area contributed by atoms with Crippen molar-refractivity contribution < 1.29 is 17.3 Å². The van der Waals surface area contributed by atoms with E-state index in [0.29, 0.717) is 18.3 Å². The Kier molecular flexibility index (Phi) is 6.64. The van der Waals surface area contributed by atoms with Crippen LogP contribution in [0.4, 0.5) is 0 Å². The third kappa shape index (κ3) is 5.30. The average Bonchev–Trinajstić information content (AvgIpc) is 2.68. The van der Waals surface area contributed by atoms with Crippen molar-refractivity contribution in [3.05, 3.63) is 53.6 Å². The fourth-order valence-corrected chi connectivity index (χ4v) is 4.40. The molecule has 2 N–H and O–H groups in total. The van der Waals surface area contributed by atoms with Crippen molar-refractivity contribution in [2.45, 2.75) is 17.7 Å². The van der Waals surface area contributed by atoms with Crippen LogP contribution in [0.15, 0.2) is 58.5 Å². The molecule has 0 atom stereocenters. The summed E-state index contributed by atoms with van der Waals surface area (Å²) in [6, 6.07) is 12.7. The van der Waals surface area contributed by atoms with Gasteiger partial charge < -0.3 is 19.7 Å². The zero-order valence-electron chi connectivity index (χ0n) is 15.2. The summed E-state index contributed by atoms with van der Waals surface area (Å²) in [5, 5.41) is 3.65. The molecule has 3 rings (SSSR count). The number of ether oxygens (including phenoxy) is 1. The van der Waals surface area contributed by atoms with Crippen molar-refractivity contribution in [2.24, 2.45) is 16.9 Å². The summed E-state index contributed by atoms with van der Waals surface area (Å²) in [6.07, 6.45) is 3.60. The highest BCUT2D eigenvalue weighted by Crippen LogP contribution is 2.27. The van der Waals surface area contributed by atoms with Gasteiger partial charge in [0, 0.05) is 19.2 Å². The van der Waals surface area contributed by atoms with Gasteiger partial charge >= 0.3 is 10.1 Å². The van der Waals surface area contributed by atoms with Crippen LogP contribution in [0.5, 0.6) is 11.5 Å². The largest absolute Gasteiger partial charge is 0.493 e. The predicted molar refractivity (Wildman–Crippen MR) is 108 cm³/mol. The van der Waals surface area contributed by atoms with E-state index in [0.717, 1.165) is 25.9 Å². The number of hydrogen-bond donors (Lipinski definition) is 1. The first-order valence-corrected chi connectivity index (χ1v) is 10.7. The molecule has 1 heterocycles. The molecule has 0 aliphatic carbocycles. The van der Waals surface area contributed by atoms with E-state index in [1.165, 1.54) is 12.1 Å². The number of nitrogens with two attached hydrogens (primary N) is 1. The second kappa shape index (κ2) is 9.16. The molecule has 28 heavy (non-hydrogen) atoms. The Labute approximate surface area is 169 Å². The molecule has 150 valence electrons. The van der Waals surface area contributed by atoms with Crippen LogP contribution in [0.3, 0.4) is 0 Å². The molecule has 0 saturated carbocycles. The summed E-state index contributed by atoms with van der Waals surface area (Å²) in [5.41, 5.74) is 0. The van der Waals surface area contributed by atoms with Crippen LogP contribution in [-0.2, 0) is 10.1 Å². The number of halogens is 1. The van der Waals surface area contributed by atoms with Crippen LogP contribution in [0.25, 0.3) is 0 Å². The van der Waals surface area contributed by atoms with E-state index in [1.54, 1.807) is 42.7 Å². The van der Waals surface area contributed by atoms with Crippen molar-refractivity contribution in [3.8, 4) is 11.5 Å². The lowest BCUT2D eigenvalue weighted by Crippen LogP contribution is -2.34. The predicted octanol–water partition coefficient (Wildman–Crippen LogP) is 3.10. The van der Waals surface area contributed by atoms with Crippen molar-refractivity contribution in [3.63, 3.8) is 0 Å². The van der Waals surface area contributed by atoms with Crippen LogP contribution in [0, 0.1) is 5.92 Å². The molecule has 7 nitrogen and oxygen atoms in total. The zero-order valence-corrected chi connectivity index (χ0v) is 16.8. The van der Waals surface area contributed by atoms with Gasteiger partial charge in [0.1, 0.15) is 22.7 Å². The lowest BCUT2D eigenvalue weighted by molar-refractivity contribution is 0.183. The number of rotatable bonds is 7. The molecule has 0 radical (unpaired) electrons. The second-order valence-electron chi connectivity index (χ2n) is 6.50. The lowest BCUT2D eigenvalue weighted by atomic mass is 9.98. The van der Waals surface area contributed by atoms with Gasteiger partial charge in [-0.2, -0.15) is 13.5 Å². The molecule has 1 saturated heterocycles. The fraction of sp³-hybridized carbons (Fsp3) is 0.316. The monoisotopic (exact) mass is 423 g/mol. The van der Waals surface area contributed by atoms with Gasteiger partial charge in [-0.25, -0.2) is 0 Å². The van der Waals surface area contributed by atoms with E-state index < -0.39 is 10.1 Å². The van der Waals surface area contributed by atoms with Gasteiger partial charge in [0.05, 0.1) is 11.6 Å². The van der Waals surface area contributed by atoms with Crippen molar-refractivity contribution in [2.75, 3.05) is 19.7 Å². The van der Waals surface area contributed by atoms with E-state index in [1.807, 2.05) is 0 Å². The van der Waals surface area contributed by atoms with E-state index in [2.05, 4.69) is 10.0 Å².